The summed E-state index contributed by atoms with van der Waals surface area (Å²) in [6, 6.07) is 11.2. The number of aliphatic hydroxyl groups is 2. The first kappa shape index (κ1) is 25.2. The average molecular weight is 499 g/mol. The number of benzene rings is 2. The molecule has 5 unspecified atom stereocenters. The minimum absolute atomic E-state index is 0.219. The number of hydrogen-bond acceptors (Lipinski definition) is 7. The van der Waals surface area contributed by atoms with Gasteiger partial charge in [0.25, 0.3) is 0 Å². The highest BCUT2D eigenvalue weighted by atomic mass is 16.5. The highest BCUT2D eigenvalue weighted by molar-refractivity contribution is 5.46. The number of rotatable bonds is 8. The first-order chi connectivity index (χ1) is 17.6. The lowest BCUT2D eigenvalue weighted by Gasteiger charge is -2.44. The molecule has 2 heterocycles. The van der Waals surface area contributed by atoms with E-state index in [9.17, 15) is 10.2 Å². The molecule has 0 saturated heterocycles. The molecule has 3 aliphatic rings. The third kappa shape index (κ3) is 5.15. The molecule has 0 spiro atoms. The fraction of sp³-hybridized carbons (Fsp3) is 0.586. The Morgan fingerprint density at radius 1 is 0.889 bits per heavy atom. The Morgan fingerprint density at radius 3 is 2.39 bits per heavy atom. The molecule has 7 nitrogen and oxygen atoms in total. The predicted octanol–water partition coefficient (Wildman–Crippen LogP) is 4.99. The van der Waals surface area contributed by atoms with Gasteiger partial charge in [0.2, 0.25) is 0 Å². The van der Waals surface area contributed by atoms with Crippen molar-refractivity contribution in [1.29, 1.82) is 0 Å². The van der Waals surface area contributed by atoms with Crippen LogP contribution in [0.1, 0.15) is 68.3 Å². The van der Waals surface area contributed by atoms with Crippen LogP contribution >= 0.6 is 0 Å². The topological polar surface area (TPSA) is 86.6 Å². The molecular weight excluding hydrogens is 460 g/mol. The molecule has 2 aromatic carbocycles. The molecule has 0 radical (unpaired) electrons. The molecule has 5 rings (SSSR count). The summed E-state index contributed by atoms with van der Waals surface area (Å²) < 4.78 is 29.5. The van der Waals surface area contributed by atoms with Crippen LogP contribution in [0.15, 0.2) is 36.4 Å². The van der Waals surface area contributed by atoms with Gasteiger partial charge in [0.05, 0.1) is 32.0 Å². The number of fused-ring (bicyclic) bond motifs is 2. The average Bonchev–Trinajstić information content (AvgIpc) is 2.91. The summed E-state index contributed by atoms with van der Waals surface area (Å²) in [6.45, 7) is 0.896. The van der Waals surface area contributed by atoms with Crippen molar-refractivity contribution in [2.24, 2.45) is 11.8 Å². The van der Waals surface area contributed by atoms with E-state index in [2.05, 4.69) is 0 Å². The maximum Gasteiger partial charge on any atom is 0.125 e. The number of ether oxygens (including phenoxy) is 5. The summed E-state index contributed by atoms with van der Waals surface area (Å²) in [5.74, 6) is 2.01. The number of hydrogen-bond donors (Lipinski definition) is 2. The maximum absolute atomic E-state index is 11.7. The van der Waals surface area contributed by atoms with Crippen LogP contribution in [-0.2, 0) is 4.74 Å². The van der Waals surface area contributed by atoms with E-state index in [0.717, 1.165) is 25.0 Å². The Balaban J connectivity index is 1.43. The van der Waals surface area contributed by atoms with Crippen LogP contribution in [0.2, 0.25) is 0 Å². The molecule has 0 bridgehead atoms. The van der Waals surface area contributed by atoms with Crippen LogP contribution in [0.3, 0.4) is 0 Å². The van der Waals surface area contributed by atoms with Gasteiger partial charge in [-0.3, -0.25) is 0 Å². The molecule has 1 fully saturated rings. The molecule has 0 amide bonds. The monoisotopic (exact) mass is 498 g/mol. The van der Waals surface area contributed by atoms with Crippen molar-refractivity contribution in [1.82, 2.24) is 0 Å². The zero-order valence-electron chi connectivity index (χ0n) is 21.2. The zero-order valence-corrected chi connectivity index (χ0v) is 21.2. The van der Waals surface area contributed by atoms with Crippen LogP contribution in [0.5, 0.6) is 23.0 Å². The largest absolute Gasteiger partial charge is 0.497 e. The first-order valence-corrected chi connectivity index (χ1v) is 13.2. The summed E-state index contributed by atoms with van der Waals surface area (Å²) >= 11 is 0. The van der Waals surface area contributed by atoms with Gasteiger partial charge >= 0.3 is 0 Å². The Bertz CT molecular complexity index is 1020. The smallest absolute Gasteiger partial charge is 0.125 e. The Labute approximate surface area is 213 Å². The summed E-state index contributed by atoms with van der Waals surface area (Å²) in [5.41, 5.74) is 1.38. The van der Waals surface area contributed by atoms with Gasteiger partial charge in [0, 0.05) is 36.7 Å². The summed E-state index contributed by atoms with van der Waals surface area (Å²) in [7, 11) is 3.28. The molecule has 2 aliphatic heterocycles. The highest BCUT2D eigenvalue weighted by Crippen LogP contribution is 2.50. The molecule has 2 aromatic rings. The normalized spacial score (nSPS) is 27.8. The van der Waals surface area contributed by atoms with E-state index in [-0.39, 0.29) is 24.0 Å². The predicted molar refractivity (Wildman–Crippen MR) is 135 cm³/mol. The van der Waals surface area contributed by atoms with Gasteiger partial charge in [-0.2, -0.15) is 0 Å². The molecule has 36 heavy (non-hydrogen) atoms. The Hall–Kier alpha value is -2.48. The second kappa shape index (κ2) is 11.3. The molecule has 1 aliphatic carbocycles. The third-order valence-corrected chi connectivity index (χ3v) is 7.93. The van der Waals surface area contributed by atoms with Crippen LogP contribution < -0.4 is 18.9 Å². The van der Waals surface area contributed by atoms with Gasteiger partial charge < -0.3 is 33.9 Å². The third-order valence-electron chi connectivity index (χ3n) is 7.93. The summed E-state index contributed by atoms with van der Waals surface area (Å²) in [6.07, 6.45) is 5.55. The first-order valence-electron chi connectivity index (χ1n) is 13.2. The van der Waals surface area contributed by atoms with E-state index in [1.54, 1.807) is 14.2 Å². The van der Waals surface area contributed by atoms with Gasteiger partial charge in [-0.15, -0.1) is 0 Å². The second-order valence-corrected chi connectivity index (χ2v) is 10.2. The van der Waals surface area contributed by atoms with E-state index < -0.39 is 12.2 Å². The van der Waals surface area contributed by atoms with Crippen molar-refractivity contribution >= 4 is 0 Å². The minimum Gasteiger partial charge on any atom is -0.497 e. The molecule has 196 valence electrons. The molecule has 7 heteroatoms. The molecule has 0 aromatic heterocycles. The molecular formula is C29H38O7. The lowest BCUT2D eigenvalue weighted by atomic mass is 9.73. The van der Waals surface area contributed by atoms with E-state index in [1.807, 2.05) is 36.4 Å². The fourth-order valence-corrected chi connectivity index (χ4v) is 6.00. The quantitative estimate of drug-likeness (QED) is 0.496. The number of aliphatic hydroxyl groups excluding tert-OH is 2. The number of methoxy groups -OCH3 is 2. The van der Waals surface area contributed by atoms with Gasteiger partial charge in [-0.1, -0.05) is 6.42 Å². The van der Waals surface area contributed by atoms with Crippen LogP contribution in [0, 0.1) is 11.8 Å². The van der Waals surface area contributed by atoms with Gasteiger partial charge in [0.15, 0.2) is 0 Å². The van der Waals surface area contributed by atoms with Crippen molar-refractivity contribution in [2.45, 2.75) is 69.4 Å². The van der Waals surface area contributed by atoms with Crippen LogP contribution in [0.4, 0.5) is 0 Å². The van der Waals surface area contributed by atoms with Crippen molar-refractivity contribution in [3.63, 3.8) is 0 Å². The zero-order chi connectivity index (χ0) is 25.1. The maximum atomic E-state index is 11.7. The lowest BCUT2D eigenvalue weighted by Crippen LogP contribution is -2.46. The lowest BCUT2D eigenvalue weighted by molar-refractivity contribution is -0.0888. The summed E-state index contributed by atoms with van der Waals surface area (Å²) in [5, 5.41) is 23.2. The van der Waals surface area contributed by atoms with Crippen molar-refractivity contribution in [3.05, 3.63) is 47.5 Å². The van der Waals surface area contributed by atoms with E-state index in [0.29, 0.717) is 48.0 Å². The van der Waals surface area contributed by atoms with Crippen LogP contribution in [-0.4, -0.2) is 49.9 Å². The van der Waals surface area contributed by atoms with E-state index in [4.69, 9.17) is 23.7 Å². The van der Waals surface area contributed by atoms with E-state index >= 15 is 0 Å². The second-order valence-electron chi connectivity index (χ2n) is 10.2. The molecule has 2 N–H and O–H groups in total. The van der Waals surface area contributed by atoms with Crippen LogP contribution in [0.25, 0.3) is 0 Å². The fourth-order valence-electron chi connectivity index (χ4n) is 6.00. The Kier molecular flexibility index (Phi) is 7.89. The van der Waals surface area contributed by atoms with E-state index in [1.165, 1.54) is 19.3 Å². The SMILES string of the molecule is COCCCC1Oc2ccc(OC3CCCCC3)cc2C(O)C1C1COc2ccc(OC)cc2C1O. The van der Waals surface area contributed by atoms with Crippen molar-refractivity contribution < 1.29 is 33.9 Å². The van der Waals surface area contributed by atoms with Crippen molar-refractivity contribution in [2.75, 3.05) is 27.4 Å². The minimum atomic E-state index is -0.827. The van der Waals surface area contributed by atoms with Crippen molar-refractivity contribution in [3.8, 4) is 23.0 Å². The Morgan fingerprint density at radius 2 is 1.61 bits per heavy atom. The summed E-state index contributed by atoms with van der Waals surface area (Å²) in [4.78, 5) is 0. The van der Waals surface area contributed by atoms with Gasteiger partial charge in [0.1, 0.15) is 29.1 Å². The standard InChI is InChI=1S/C29H38O7/c1-32-14-6-9-26-27(23-17-34-24-12-10-19(33-2)15-21(24)28(23)30)29(31)22-16-20(11-13-25(22)36-26)35-18-7-4-3-5-8-18/h10-13,15-16,18,23,26-31H,3-9,14,17H2,1-2H3. The molecule has 5 atom stereocenters. The highest BCUT2D eigenvalue weighted by Gasteiger charge is 2.47. The van der Waals surface area contributed by atoms with Gasteiger partial charge in [-0.25, -0.2) is 0 Å². The van der Waals surface area contributed by atoms with Gasteiger partial charge in [-0.05, 0) is 74.9 Å². The molecule has 1 saturated carbocycles.